The molecule has 216 valence electrons. The molecular weight excluding hydrogens is 512 g/mol. The topological polar surface area (TPSA) is 136 Å². The molecule has 10 heteroatoms. The summed E-state index contributed by atoms with van der Waals surface area (Å²) in [5.41, 5.74) is 1.47. The third-order valence-corrected chi connectivity index (χ3v) is 7.02. The Labute approximate surface area is 235 Å². The molecule has 3 atom stereocenters. The van der Waals surface area contributed by atoms with Gasteiger partial charge in [0.1, 0.15) is 6.61 Å². The van der Waals surface area contributed by atoms with Crippen molar-refractivity contribution in [3.05, 3.63) is 54.1 Å². The summed E-state index contributed by atoms with van der Waals surface area (Å²) in [6, 6.07) is 8.41. The highest BCUT2D eigenvalue weighted by atomic mass is 16.5. The molecule has 2 amide bonds. The van der Waals surface area contributed by atoms with Gasteiger partial charge in [-0.2, -0.15) is 0 Å². The van der Waals surface area contributed by atoms with E-state index < -0.39 is 41.4 Å². The molecule has 0 fully saturated rings. The second kappa shape index (κ2) is 14.5. The quantitative estimate of drug-likeness (QED) is 0.305. The van der Waals surface area contributed by atoms with Crippen LogP contribution in [0.1, 0.15) is 58.2 Å². The fourth-order valence-corrected chi connectivity index (χ4v) is 4.73. The molecule has 2 bridgehead atoms. The van der Waals surface area contributed by atoms with Crippen molar-refractivity contribution in [1.29, 1.82) is 0 Å². The molecule has 1 aromatic carbocycles. The number of nitrogens with one attached hydrogen (secondary N) is 2. The number of amides is 2. The number of esters is 1. The first-order chi connectivity index (χ1) is 19.0. The van der Waals surface area contributed by atoms with Crippen LogP contribution in [0.3, 0.4) is 0 Å². The van der Waals surface area contributed by atoms with Crippen LogP contribution in [0.25, 0.3) is 0 Å². The molecule has 2 aromatic rings. The van der Waals surface area contributed by atoms with Gasteiger partial charge in [-0.25, -0.2) is 4.98 Å². The Kier molecular flexibility index (Phi) is 11.2. The minimum atomic E-state index is -0.894. The Morgan fingerprint density at radius 2 is 1.85 bits per heavy atom. The summed E-state index contributed by atoms with van der Waals surface area (Å²) in [7, 11) is 0. The maximum atomic E-state index is 13.5. The fraction of sp³-hybridized carbons (Fsp3) is 0.533. The number of imidazole rings is 1. The number of hydrogen-bond donors (Lipinski definition) is 2. The van der Waals surface area contributed by atoms with Crippen molar-refractivity contribution >= 4 is 29.4 Å². The van der Waals surface area contributed by atoms with Gasteiger partial charge in [0, 0.05) is 38.0 Å². The van der Waals surface area contributed by atoms with E-state index in [4.69, 9.17) is 4.74 Å². The fourth-order valence-electron chi connectivity index (χ4n) is 4.73. The van der Waals surface area contributed by atoms with Gasteiger partial charge in [-0.3, -0.25) is 24.0 Å². The number of ketones is 2. The van der Waals surface area contributed by atoms with E-state index in [2.05, 4.69) is 15.6 Å². The number of fused-ring (bicyclic) bond motifs is 2. The van der Waals surface area contributed by atoms with E-state index >= 15 is 0 Å². The van der Waals surface area contributed by atoms with Gasteiger partial charge in [0.15, 0.2) is 5.78 Å². The van der Waals surface area contributed by atoms with E-state index in [-0.39, 0.29) is 50.0 Å². The lowest BCUT2D eigenvalue weighted by atomic mass is 9.87. The van der Waals surface area contributed by atoms with E-state index in [1.54, 1.807) is 12.5 Å². The van der Waals surface area contributed by atoms with Gasteiger partial charge in [-0.1, -0.05) is 58.0 Å². The van der Waals surface area contributed by atoms with Gasteiger partial charge in [0.05, 0.1) is 30.4 Å². The SMILES string of the molecule is CC(C)CC(NC(=O)C(CC(=O)OCc1ccccc1)C(C)C)C(=O)CC1Cc2cn(cn2)CCNC(=O)C1=O. The van der Waals surface area contributed by atoms with E-state index in [0.29, 0.717) is 18.7 Å². The van der Waals surface area contributed by atoms with Crippen LogP contribution in [0.15, 0.2) is 42.9 Å². The Bertz CT molecular complexity index is 1190. The molecule has 0 radical (unpaired) electrons. The van der Waals surface area contributed by atoms with Gasteiger partial charge >= 0.3 is 5.97 Å². The molecular formula is C30H40N4O6. The third-order valence-electron chi connectivity index (χ3n) is 7.02. The molecule has 0 saturated heterocycles. The second-order valence-electron chi connectivity index (χ2n) is 11.2. The first-order valence-corrected chi connectivity index (χ1v) is 13.9. The molecule has 3 unspecified atom stereocenters. The molecule has 3 rings (SSSR count). The van der Waals surface area contributed by atoms with E-state index in [1.165, 1.54) is 0 Å². The average molecular weight is 553 g/mol. The number of rotatable bonds is 12. The van der Waals surface area contributed by atoms with Crippen molar-refractivity contribution in [3.8, 4) is 0 Å². The molecule has 2 heterocycles. The number of benzene rings is 1. The van der Waals surface area contributed by atoms with Crippen LogP contribution in [-0.4, -0.2) is 51.5 Å². The summed E-state index contributed by atoms with van der Waals surface area (Å²) >= 11 is 0. The number of carbonyl (C=O) groups is 5. The normalized spacial score (nSPS) is 17.2. The van der Waals surface area contributed by atoms with Gasteiger partial charge in [0.2, 0.25) is 11.7 Å². The number of Topliss-reactive ketones (excluding diaryl/α,β-unsaturated/α-hetero) is 2. The number of ether oxygens (including phenoxy) is 1. The largest absolute Gasteiger partial charge is 0.461 e. The van der Waals surface area contributed by atoms with Crippen LogP contribution >= 0.6 is 0 Å². The van der Waals surface area contributed by atoms with Crippen LogP contribution in [-0.2, 0) is 48.3 Å². The Morgan fingerprint density at radius 1 is 1.12 bits per heavy atom. The van der Waals surface area contributed by atoms with Crippen LogP contribution < -0.4 is 10.6 Å². The molecule has 1 aromatic heterocycles. The summed E-state index contributed by atoms with van der Waals surface area (Å²) < 4.78 is 7.20. The first-order valence-electron chi connectivity index (χ1n) is 13.9. The maximum Gasteiger partial charge on any atom is 0.306 e. The predicted molar refractivity (Wildman–Crippen MR) is 148 cm³/mol. The number of hydrogen-bond acceptors (Lipinski definition) is 7. The van der Waals surface area contributed by atoms with Crippen molar-refractivity contribution in [1.82, 2.24) is 20.2 Å². The molecule has 0 aliphatic carbocycles. The average Bonchev–Trinajstić information content (AvgIpc) is 3.35. The highest BCUT2D eigenvalue weighted by Gasteiger charge is 2.34. The van der Waals surface area contributed by atoms with Crippen LogP contribution in [0.4, 0.5) is 0 Å². The standard InChI is InChI=1S/C30H40N4O6/c1-19(2)12-25(26(35)14-22-13-23-16-34(18-32-23)11-10-31-30(39)28(22)37)33-29(38)24(20(3)4)15-27(36)40-17-21-8-6-5-7-9-21/h5-9,16,18-20,22,24-25H,10-15,17H2,1-4H3,(H,31,39)(H,33,38). The molecule has 0 saturated carbocycles. The molecule has 1 aliphatic rings. The van der Waals surface area contributed by atoms with Crippen molar-refractivity contribution in [2.75, 3.05) is 6.54 Å². The van der Waals surface area contributed by atoms with Crippen molar-refractivity contribution in [3.63, 3.8) is 0 Å². The summed E-state index contributed by atoms with van der Waals surface area (Å²) in [6.45, 7) is 8.42. The van der Waals surface area contributed by atoms with E-state index in [1.807, 2.05) is 62.6 Å². The molecule has 40 heavy (non-hydrogen) atoms. The zero-order valence-electron chi connectivity index (χ0n) is 23.7. The Hall–Kier alpha value is -3.82. The summed E-state index contributed by atoms with van der Waals surface area (Å²) in [6.07, 6.45) is 3.62. The lowest BCUT2D eigenvalue weighted by Crippen LogP contribution is -2.47. The van der Waals surface area contributed by atoms with Crippen molar-refractivity contribution < 1.29 is 28.7 Å². The highest BCUT2D eigenvalue weighted by Crippen LogP contribution is 2.21. The minimum Gasteiger partial charge on any atom is -0.461 e. The van der Waals surface area contributed by atoms with Gasteiger partial charge < -0.3 is 19.9 Å². The monoisotopic (exact) mass is 552 g/mol. The number of carbonyl (C=O) groups excluding carboxylic acids is 5. The first kappa shape index (κ1) is 30.7. The summed E-state index contributed by atoms with van der Waals surface area (Å²) in [5.74, 6) is -4.34. The molecule has 1 aliphatic heterocycles. The number of aromatic nitrogens is 2. The Balaban J connectivity index is 1.68. The molecule has 10 nitrogen and oxygen atoms in total. The summed E-state index contributed by atoms with van der Waals surface area (Å²) in [4.78, 5) is 69.1. The maximum absolute atomic E-state index is 13.5. The lowest BCUT2D eigenvalue weighted by molar-refractivity contribution is -0.149. The van der Waals surface area contributed by atoms with Crippen LogP contribution in [0.2, 0.25) is 0 Å². The molecule has 0 spiro atoms. The van der Waals surface area contributed by atoms with Crippen LogP contribution in [0.5, 0.6) is 0 Å². The lowest BCUT2D eigenvalue weighted by Gasteiger charge is -2.26. The predicted octanol–water partition coefficient (Wildman–Crippen LogP) is 2.64. The summed E-state index contributed by atoms with van der Waals surface area (Å²) in [5, 5.41) is 5.45. The zero-order valence-corrected chi connectivity index (χ0v) is 23.7. The van der Waals surface area contributed by atoms with Gasteiger partial charge in [0.25, 0.3) is 5.91 Å². The number of nitrogens with zero attached hydrogens (tertiary/aromatic N) is 2. The highest BCUT2D eigenvalue weighted by molar-refractivity contribution is 6.37. The van der Waals surface area contributed by atoms with E-state index in [0.717, 1.165) is 5.56 Å². The van der Waals surface area contributed by atoms with Crippen molar-refractivity contribution in [2.45, 2.75) is 72.6 Å². The zero-order chi connectivity index (χ0) is 29.2. The van der Waals surface area contributed by atoms with Crippen LogP contribution in [0, 0.1) is 23.7 Å². The molecule has 2 N–H and O–H groups in total. The van der Waals surface area contributed by atoms with Gasteiger partial charge in [-0.05, 0) is 23.8 Å². The van der Waals surface area contributed by atoms with Crippen molar-refractivity contribution in [2.24, 2.45) is 23.7 Å². The minimum absolute atomic E-state index is 0.0707. The second-order valence-corrected chi connectivity index (χ2v) is 11.2. The smallest absolute Gasteiger partial charge is 0.306 e. The van der Waals surface area contributed by atoms with E-state index in [9.17, 15) is 24.0 Å². The Morgan fingerprint density at radius 3 is 2.52 bits per heavy atom. The van der Waals surface area contributed by atoms with Gasteiger partial charge in [-0.15, -0.1) is 0 Å². The third kappa shape index (κ3) is 9.14.